The van der Waals surface area contributed by atoms with Gasteiger partial charge in [0.1, 0.15) is 17.8 Å². The van der Waals surface area contributed by atoms with Gasteiger partial charge in [-0.3, -0.25) is 9.67 Å². The lowest BCUT2D eigenvalue weighted by Gasteiger charge is -2.12. The molecule has 2 aromatic rings. The fourth-order valence-corrected chi connectivity index (χ4v) is 2.34. The van der Waals surface area contributed by atoms with E-state index in [0.717, 1.165) is 0 Å². The molecule has 0 aliphatic rings. The molecule has 0 amide bonds. The number of halogens is 2. The van der Waals surface area contributed by atoms with E-state index in [0.29, 0.717) is 17.9 Å². The molecule has 1 aromatic heterocycles. The minimum absolute atomic E-state index is 0.0244. The van der Waals surface area contributed by atoms with Gasteiger partial charge in [0.05, 0.1) is 26.8 Å². The van der Waals surface area contributed by atoms with Crippen molar-refractivity contribution in [3.63, 3.8) is 0 Å². The summed E-state index contributed by atoms with van der Waals surface area (Å²) in [5.74, 6) is -0.563. The average molecular weight is 421 g/mol. The Balaban J connectivity index is 2.29. The molecule has 0 saturated heterocycles. The molecule has 0 N–H and O–H groups in total. The number of methoxy groups -OCH3 is 1. The topological polar surface area (TPSA) is 100 Å². The normalized spacial score (nSPS) is 12.0. The van der Waals surface area contributed by atoms with Crippen LogP contribution in [0, 0.1) is 0 Å². The summed E-state index contributed by atoms with van der Waals surface area (Å²) in [7, 11) is 1.24. The molecule has 2 rings (SSSR count). The van der Waals surface area contributed by atoms with Gasteiger partial charge in [0.25, 0.3) is 5.82 Å². The number of esters is 1. The van der Waals surface area contributed by atoms with E-state index in [2.05, 4.69) is 36.1 Å². The van der Waals surface area contributed by atoms with Crippen LogP contribution in [0.2, 0.25) is 0 Å². The van der Waals surface area contributed by atoms with Gasteiger partial charge in [0.2, 0.25) is 5.90 Å². The van der Waals surface area contributed by atoms with E-state index in [1.807, 2.05) is 0 Å². The molecule has 9 nitrogen and oxygen atoms in total. The lowest BCUT2D eigenvalue weighted by molar-refractivity contribution is -0.0498. The number of rotatable bonds is 10. The number of carbonyl (C=O) groups is 1. The molecule has 0 aliphatic carbocycles. The van der Waals surface area contributed by atoms with Crippen molar-refractivity contribution >= 4 is 17.6 Å². The third kappa shape index (κ3) is 6.47. The molecule has 0 saturated carbocycles. The second-order valence-corrected chi connectivity index (χ2v) is 5.51. The van der Waals surface area contributed by atoms with Crippen LogP contribution < -0.4 is 4.74 Å². The number of hydrogen-bond acceptors (Lipinski definition) is 8. The Bertz CT molecular complexity index is 927. The highest BCUT2D eigenvalue weighted by Gasteiger charge is 2.16. The van der Waals surface area contributed by atoms with E-state index in [-0.39, 0.29) is 30.6 Å². The first kappa shape index (κ1) is 22.7. The molecule has 0 bridgehead atoms. The zero-order chi connectivity index (χ0) is 21.9. The van der Waals surface area contributed by atoms with E-state index in [9.17, 15) is 13.6 Å². The van der Waals surface area contributed by atoms with E-state index >= 15 is 0 Å². The van der Waals surface area contributed by atoms with Crippen molar-refractivity contribution < 1.29 is 27.8 Å². The van der Waals surface area contributed by atoms with E-state index < -0.39 is 12.6 Å². The minimum Gasteiger partial charge on any atom is -0.476 e. The smallest absolute Gasteiger partial charge is 0.387 e. The molecule has 0 spiro atoms. The van der Waals surface area contributed by atoms with Gasteiger partial charge in [-0.1, -0.05) is 18.7 Å². The van der Waals surface area contributed by atoms with Crippen LogP contribution >= 0.6 is 0 Å². The second-order valence-electron chi connectivity index (χ2n) is 5.51. The molecule has 1 aromatic carbocycles. The monoisotopic (exact) mass is 421 g/mol. The zero-order valence-electron chi connectivity index (χ0n) is 16.5. The summed E-state index contributed by atoms with van der Waals surface area (Å²) in [6.45, 7) is 3.19. The third-order valence-electron chi connectivity index (χ3n) is 3.53. The molecule has 0 atom stereocenters. The predicted octanol–water partition coefficient (Wildman–Crippen LogP) is 2.73. The molecule has 0 unspecified atom stereocenters. The largest absolute Gasteiger partial charge is 0.476 e. The van der Waals surface area contributed by atoms with Crippen LogP contribution in [0.3, 0.4) is 0 Å². The number of hydrogen-bond donors (Lipinski definition) is 0. The lowest BCUT2D eigenvalue weighted by Crippen LogP contribution is -2.20. The Morgan fingerprint density at radius 3 is 2.87 bits per heavy atom. The zero-order valence-corrected chi connectivity index (χ0v) is 16.5. The van der Waals surface area contributed by atoms with Crippen molar-refractivity contribution in [2.45, 2.75) is 20.1 Å². The van der Waals surface area contributed by atoms with Crippen molar-refractivity contribution in [2.24, 2.45) is 9.98 Å². The van der Waals surface area contributed by atoms with Crippen molar-refractivity contribution in [1.82, 2.24) is 14.8 Å². The van der Waals surface area contributed by atoms with Gasteiger partial charge in [0, 0.05) is 11.8 Å². The van der Waals surface area contributed by atoms with E-state index in [1.54, 1.807) is 19.1 Å². The summed E-state index contributed by atoms with van der Waals surface area (Å²) in [5, 5.41) is 4.00. The van der Waals surface area contributed by atoms with E-state index in [1.165, 1.54) is 36.5 Å². The van der Waals surface area contributed by atoms with Crippen LogP contribution in [0.4, 0.5) is 8.78 Å². The molecular formula is C19H21F2N5O4. The predicted molar refractivity (Wildman–Crippen MR) is 105 cm³/mol. The van der Waals surface area contributed by atoms with Gasteiger partial charge in [-0.25, -0.2) is 14.8 Å². The molecule has 0 aliphatic heterocycles. The first-order valence-corrected chi connectivity index (χ1v) is 8.87. The van der Waals surface area contributed by atoms with Gasteiger partial charge in [-0.15, -0.1) is 5.10 Å². The van der Waals surface area contributed by atoms with Crippen molar-refractivity contribution in [3.8, 4) is 5.75 Å². The summed E-state index contributed by atoms with van der Waals surface area (Å²) >= 11 is 0. The number of nitrogens with zero attached hydrogens (tertiary/aromatic N) is 5. The molecule has 1 heterocycles. The maximum Gasteiger partial charge on any atom is 0.387 e. The summed E-state index contributed by atoms with van der Waals surface area (Å²) in [4.78, 5) is 23.9. The number of ether oxygens (including phenoxy) is 3. The summed E-state index contributed by atoms with van der Waals surface area (Å²) in [6.07, 6.45) is 2.67. The van der Waals surface area contributed by atoms with Gasteiger partial charge in [-0.05, 0) is 19.1 Å². The second kappa shape index (κ2) is 11.4. The molecule has 30 heavy (non-hydrogen) atoms. The van der Waals surface area contributed by atoms with Crippen molar-refractivity contribution in [2.75, 3.05) is 20.3 Å². The molecular weight excluding hydrogens is 400 g/mol. The highest BCUT2D eigenvalue weighted by Crippen LogP contribution is 2.17. The number of alkyl halides is 2. The quantitative estimate of drug-likeness (QED) is 0.332. The Kier molecular flexibility index (Phi) is 8.60. The Labute approximate surface area is 171 Å². The summed E-state index contributed by atoms with van der Waals surface area (Å²) < 4.78 is 41.1. The van der Waals surface area contributed by atoms with E-state index in [4.69, 9.17) is 4.74 Å². The first-order valence-electron chi connectivity index (χ1n) is 8.87. The van der Waals surface area contributed by atoms with Crippen LogP contribution in [0.15, 0.2) is 53.4 Å². The molecule has 11 heteroatoms. The Morgan fingerprint density at radius 2 is 2.20 bits per heavy atom. The van der Waals surface area contributed by atoms with Crippen LogP contribution in [0.1, 0.15) is 23.1 Å². The van der Waals surface area contributed by atoms with Crippen LogP contribution in [0.5, 0.6) is 5.75 Å². The maximum atomic E-state index is 12.6. The first-order chi connectivity index (χ1) is 14.5. The SMILES string of the molecule is C=CN=C(OCC)C(=NCCn1cnc(C(=O)OC)n1)c1cccc(OC(F)F)c1. The average Bonchev–Trinajstić information content (AvgIpc) is 3.19. The third-order valence-corrected chi connectivity index (χ3v) is 3.53. The van der Waals surface area contributed by atoms with Crippen LogP contribution in [-0.4, -0.2) is 59.2 Å². The fourth-order valence-electron chi connectivity index (χ4n) is 2.34. The van der Waals surface area contributed by atoms with Crippen molar-refractivity contribution in [3.05, 3.63) is 54.8 Å². The van der Waals surface area contributed by atoms with Crippen molar-refractivity contribution in [1.29, 1.82) is 0 Å². The maximum absolute atomic E-state index is 12.6. The Morgan fingerprint density at radius 1 is 1.40 bits per heavy atom. The van der Waals surface area contributed by atoms with Gasteiger partial charge in [0.15, 0.2) is 0 Å². The molecule has 0 radical (unpaired) electrons. The Hall–Kier alpha value is -3.63. The van der Waals surface area contributed by atoms with Gasteiger partial charge < -0.3 is 14.2 Å². The van der Waals surface area contributed by atoms with Crippen LogP contribution in [0.25, 0.3) is 0 Å². The van der Waals surface area contributed by atoms with Gasteiger partial charge in [-0.2, -0.15) is 8.78 Å². The number of aliphatic imine (C=N–C) groups is 2. The highest BCUT2D eigenvalue weighted by molar-refractivity contribution is 6.45. The van der Waals surface area contributed by atoms with Crippen LogP contribution in [-0.2, 0) is 16.0 Å². The number of benzene rings is 1. The summed E-state index contributed by atoms with van der Waals surface area (Å²) in [6, 6.07) is 6.04. The fraction of sp³-hybridized carbons (Fsp3) is 0.316. The molecule has 160 valence electrons. The minimum atomic E-state index is -2.95. The highest BCUT2D eigenvalue weighted by atomic mass is 19.3. The number of carbonyl (C=O) groups excluding carboxylic acids is 1. The molecule has 0 fully saturated rings. The van der Waals surface area contributed by atoms with Gasteiger partial charge >= 0.3 is 12.6 Å². The number of aromatic nitrogens is 3. The lowest BCUT2D eigenvalue weighted by atomic mass is 10.1. The standard InChI is InChI=1S/C19H21F2N5O4/c1-4-22-17(29-5-2)15(13-7-6-8-14(11-13)30-19(20)21)23-9-10-26-12-24-16(25-26)18(27)28-3/h4,6-8,11-12,19H,1,5,9-10H2,2-3H3. The summed E-state index contributed by atoms with van der Waals surface area (Å²) in [5.41, 5.74) is 0.792.